The first-order valence-electron chi connectivity index (χ1n) is 6.86. The topological polar surface area (TPSA) is 66.0 Å². The van der Waals surface area contributed by atoms with E-state index in [1.807, 2.05) is 6.20 Å². The highest BCUT2D eigenvalue weighted by Crippen LogP contribution is 2.27. The zero-order chi connectivity index (χ0) is 13.2. The fourth-order valence-electron chi connectivity index (χ4n) is 3.08. The van der Waals surface area contributed by atoms with Crippen LogP contribution in [-0.2, 0) is 9.53 Å². The lowest BCUT2D eigenvalue weighted by molar-refractivity contribution is -0.120. The molecule has 1 aliphatic carbocycles. The fourth-order valence-corrected chi connectivity index (χ4v) is 3.08. The number of nitrogens with one attached hydrogen (secondary N) is 2. The van der Waals surface area contributed by atoms with Crippen molar-refractivity contribution in [2.45, 2.75) is 44.0 Å². The molecule has 3 rings (SSSR count). The van der Waals surface area contributed by atoms with Crippen molar-refractivity contribution >= 4 is 11.7 Å². The van der Waals surface area contributed by atoms with Crippen molar-refractivity contribution in [3.63, 3.8) is 0 Å². The predicted molar refractivity (Wildman–Crippen MR) is 71.4 cm³/mol. The molecule has 2 heterocycles. The molecule has 0 aromatic rings. The molecule has 6 nitrogen and oxygen atoms in total. The molecule has 0 radical (unpaired) electrons. The molecule has 1 atom stereocenters. The Kier molecular flexibility index (Phi) is 3.52. The van der Waals surface area contributed by atoms with Crippen molar-refractivity contribution in [2.24, 2.45) is 4.99 Å². The normalized spacial score (nSPS) is 34.6. The highest BCUT2D eigenvalue weighted by molar-refractivity contribution is 6.04. The van der Waals surface area contributed by atoms with Crippen LogP contribution in [0.25, 0.3) is 0 Å². The molecule has 6 heteroatoms. The molecule has 1 saturated carbocycles. The van der Waals surface area contributed by atoms with Gasteiger partial charge in [0.1, 0.15) is 12.0 Å². The number of ether oxygens (including phenoxy) is 1. The standard InChI is InChI=1S/C13H20N4O2/c1-19-10-4-2-9(3-5-10)17-7-6-14-12-13(17)15-8-11(18)16-12/h6-7,9-10,13,15H,2-5,8H2,1H3,(H,14,16,18). The van der Waals surface area contributed by atoms with Crippen molar-refractivity contribution in [3.8, 4) is 0 Å². The molecule has 0 aromatic carbocycles. The van der Waals surface area contributed by atoms with E-state index in [9.17, 15) is 4.79 Å². The van der Waals surface area contributed by atoms with Gasteiger partial charge in [-0.1, -0.05) is 0 Å². The minimum Gasteiger partial charge on any atom is -0.381 e. The first-order valence-corrected chi connectivity index (χ1v) is 6.86. The Morgan fingerprint density at radius 3 is 2.89 bits per heavy atom. The third-order valence-corrected chi connectivity index (χ3v) is 4.13. The summed E-state index contributed by atoms with van der Waals surface area (Å²) < 4.78 is 5.41. The Bertz CT molecular complexity index is 413. The van der Waals surface area contributed by atoms with Gasteiger partial charge in [-0.25, -0.2) is 4.99 Å². The number of carbonyl (C=O) groups is 1. The number of methoxy groups -OCH3 is 1. The van der Waals surface area contributed by atoms with Crippen molar-refractivity contribution in [2.75, 3.05) is 13.7 Å². The maximum atomic E-state index is 11.4. The van der Waals surface area contributed by atoms with E-state index in [1.165, 1.54) is 0 Å². The van der Waals surface area contributed by atoms with E-state index in [0.717, 1.165) is 25.7 Å². The molecule has 1 amide bonds. The molecule has 0 aromatic heterocycles. The highest BCUT2D eigenvalue weighted by atomic mass is 16.5. The van der Waals surface area contributed by atoms with Crippen LogP contribution in [0.2, 0.25) is 0 Å². The highest BCUT2D eigenvalue weighted by Gasteiger charge is 2.35. The number of rotatable bonds is 2. The van der Waals surface area contributed by atoms with Crippen LogP contribution in [0.1, 0.15) is 25.7 Å². The second kappa shape index (κ2) is 5.30. The molecular weight excluding hydrogens is 244 g/mol. The Hall–Kier alpha value is -1.40. The summed E-state index contributed by atoms with van der Waals surface area (Å²) >= 11 is 0. The second-order valence-corrected chi connectivity index (χ2v) is 5.26. The summed E-state index contributed by atoms with van der Waals surface area (Å²) in [5.41, 5.74) is 0. The van der Waals surface area contributed by atoms with Crippen LogP contribution in [0.15, 0.2) is 17.4 Å². The van der Waals surface area contributed by atoms with Gasteiger partial charge in [-0.05, 0) is 25.7 Å². The summed E-state index contributed by atoms with van der Waals surface area (Å²) in [5, 5.41) is 6.08. The minimum absolute atomic E-state index is 0.00629. The van der Waals surface area contributed by atoms with E-state index in [4.69, 9.17) is 4.74 Å². The summed E-state index contributed by atoms with van der Waals surface area (Å²) in [7, 11) is 1.79. The molecule has 1 saturated heterocycles. The summed E-state index contributed by atoms with van der Waals surface area (Å²) in [6.45, 7) is 0.349. The van der Waals surface area contributed by atoms with E-state index < -0.39 is 0 Å². The second-order valence-electron chi connectivity index (χ2n) is 5.26. The summed E-state index contributed by atoms with van der Waals surface area (Å²) in [5.74, 6) is 0.695. The van der Waals surface area contributed by atoms with Gasteiger partial charge in [0.2, 0.25) is 5.91 Å². The van der Waals surface area contributed by atoms with Crippen LogP contribution in [-0.4, -0.2) is 48.6 Å². The molecule has 2 fully saturated rings. The molecule has 1 unspecified atom stereocenters. The van der Waals surface area contributed by atoms with Gasteiger partial charge in [-0.15, -0.1) is 0 Å². The van der Waals surface area contributed by atoms with Crippen molar-refractivity contribution in [1.29, 1.82) is 0 Å². The maximum absolute atomic E-state index is 11.4. The van der Waals surface area contributed by atoms with Gasteiger partial charge in [0.15, 0.2) is 0 Å². The number of amidine groups is 1. The average Bonchev–Trinajstić information content (AvgIpc) is 2.46. The van der Waals surface area contributed by atoms with Crippen molar-refractivity contribution in [3.05, 3.63) is 12.4 Å². The summed E-state index contributed by atoms with van der Waals surface area (Å²) in [6.07, 6.45) is 8.61. The van der Waals surface area contributed by atoms with Crippen LogP contribution >= 0.6 is 0 Å². The predicted octanol–water partition coefficient (Wildman–Crippen LogP) is 0.175. The zero-order valence-corrected chi connectivity index (χ0v) is 11.1. The molecule has 3 aliphatic rings. The molecule has 0 bridgehead atoms. The van der Waals surface area contributed by atoms with Crippen LogP contribution < -0.4 is 10.6 Å². The third-order valence-electron chi connectivity index (χ3n) is 4.13. The van der Waals surface area contributed by atoms with Crippen LogP contribution in [0, 0.1) is 0 Å². The monoisotopic (exact) mass is 264 g/mol. The van der Waals surface area contributed by atoms with E-state index in [0.29, 0.717) is 24.5 Å². The van der Waals surface area contributed by atoms with Crippen LogP contribution in [0.3, 0.4) is 0 Å². The number of hydrogen-bond acceptors (Lipinski definition) is 5. The van der Waals surface area contributed by atoms with E-state index in [1.54, 1.807) is 13.3 Å². The summed E-state index contributed by atoms with van der Waals surface area (Å²) in [4.78, 5) is 17.9. The van der Waals surface area contributed by atoms with Gasteiger partial charge >= 0.3 is 0 Å². The van der Waals surface area contributed by atoms with Gasteiger partial charge in [0, 0.05) is 25.6 Å². The quantitative estimate of drug-likeness (QED) is 0.746. The van der Waals surface area contributed by atoms with Crippen LogP contribution in [0.4, 0.5) is 0 Å². The number of hydrogen-bond donors (Lipinski definition) is 2. The molecule has 19 heavy (non-hydrogen) atoms. The van der Waals surface area contributed by atoms with Gasteiger partial charge in [-0.2, -0.15) is 0 Å². The summed E-state index contributed by atoms with van der Waals surface area (Å²) in [6, 6.07) is 0.487. The minimum atomic E-state index is -0.0201. The van der Waals surface area contributed by atoms with Gasteiger partial charge in [0.25, 0.3) is 0 Å². The van der Waals surface area contributed by atoms with Gasteiger partial charge in [0.05, 0.1) is 12.6 Å². The largest absolute Gasteiger partial charge is 0.381 e. The lowest BCUT2D eigenvalue weighted by Crippen LogP contribution is -2.64. The van der Waals surface area contributed by atoms with Crippen molar-refractivity contribution in [1.82, 2.24) is 15.5 Å². The Morgan fingerprint density at radius 2 is 2.16 bits per heavy atom. The number of fused-ring (bicyclic) bond motifs is 1. The number of carbonyl (C=O) groups excluding carboxylic acids is 1. The van der Waals surface area contributed by atoms with Crippen LogP contribution in [0.5, 0.6) is 0 Å². The lowest BCUT2D eigenvalue weighted by atomic mass is 9.91. The van der Waals surface area contributed by atoms with Crippen molar-refractivity contribution < 1.29 is 9.53 Å². The first kappa shape index (κ1) is 12.6. The smallest absolute Gasteiger partial charge is 0.239 e. The van der Waals surface area contributed by atoms with E-state index >= 15 is 0 Å². The fraction of sp³-hybridized carbons (Fsp3) is 0.692. The first-order chi connectivity index (χ1) is 9.28. The van der Waals surface area contributed by atoms with E-state index in [2.05, 4.69) is 20.5 Å². The molecule has 0 spiro atoms. The number of amides is 1. The SMILES string of the molecule is COC1CCC(N2C=CN=C3NC(=O)CNC32)CC1. The molecule has 104 valence electrons. The average molecular weight is 264 g/mol. The maximum Gasteiger partial charge on any atom is 0.239 e. The Balaban J connectivity index is 1.67. The third kappa shape index (κ3) is 2.50. The number of nitrogens with zero attached hydrogens (tertiary/aromatic N) is 2. The zero-order valence-electron chi connectivity index (χ0n) is 11.1. The molecule has 2 N–H and O–H groups in total. The van der Waals surface area contributed by atoms with E-state index in [-0.39, 0.29) is 12.1 Å². The lowest BCUT2D eigenvalue weighted by Gasteiger charge is -2.43. The Labute approximate surface area is 112 Å². The number of piperazine rings is 1. The molecular formula is C13H20N4O2. The van der Waals surface area contributed by atoms with Gasteiger partial charge in [-0.3, -0.25) is 10.1 Å². The molecule has 2 aliphatic heterocycles. The number of aliphatic imine (C=N–C) groups is 1. The van der Waals surface area contributed by atoms with Gasteiger partial charge < -0.3 is 15.0 Å². The Morgan fingerprint density at radius 1 is 1.37 bits per heavy atom.